The summed E-state index contributed by atoms with van der Waals surface area (Å²) in [7, 11) is 0. The molecule has 0 aliphatic rings. The number of hydrogen-bond acceptors (Lipinski definition) is 2. The van der Waals surface area contributed by atoms with Gasteiger partial charge in [0, 0.05) is 23.8 Å². The predicted octanol–water partition coefficient (Wildman–Crippen LogP) is 1.90. The lowest BCUT2D eigenvalue weighted by molar-refractivity contribution is 0.0954. The second kappa shape index (κ2) is 5.10. The average Bonchev–Trinajstić information content (AvgIpc) is 2.14. The van der Waals surface area contributed by atoms with Crippen molar-refractivity contribution in [1.82, 2.24) is 10.3 Å². The quantitative estimate of drug-likeness (QED) is 0.840. The fourth-order valence-corrected chi connectivity index (χ4v) is 1.18. The highest BCUT2D eigenvalue weighted by atomic mass is 79.9. The highest BCUT2D eigenvalue weighted by molar-refractivity contribution is 9.09. The molecule has 1 atom stereocenters. The molecule has 1 aromatic heterocycles. The fraction of sp³-hybridized carbons (Fsp3) is 0.400. The summed E-state index contributed by atoms with van der Waals surface area (Å²) in [6.45, 7) is 4.51. The lowest BCUT2D eigenvalue weighted by atomic mass is 10.2. The summed E-state index contributed by atoms with van der Waals surface area (Å²) in [6.07, 6.45) is 3.30. The largest absolute Gasteiger partial charge is 0.351 e. The number of rotatable bonds is 3. The minimum atomic E-state index is -0.0764. The fourth-order valence-electron chi connectivity index (χ4n) is 1.01. The Morgan fingerprint density at radius 3 is 2.93 bits per heavy atom. The molecule has 14 heavy (non-hydrogen) atoms. The molecular weight excluding hydrogens is 244 g/mol. The van der Waals surface area contributed by atoms with Crippen molar-refractivity contribution in [2.24, 2.45) is 0 Å². The van der Waals surface area contributed by atoms with Crippen LogP contribution >= 0.6 is 15.9 Å². The third-order valence-corrected chi connectivity index (χ3v) is 2.00. The van der Waals surface area contributed by atoms with Gasteiger partial charge in [0.2, 0.25) is 0 Å². The van der Waals surface area contributed by atoms with Crippen molar-refractivity contribution in [2.75, 3.05) is 6.54 Å². The predicted molar refractivity (Wildman–Crippen MR) is 59.7 cm³/mol. The molecule has 0 radical (unpaired) electrons. The maximum Gasteiger partial charge on any atom is 0.252 e. The van der Waals surface area contributed by atoms with Crippen LogP contribution in [0.25, 0.3) is 0 Å². The number of halogens is 1. The summed E-state index contributed by atoms with van der Waals surface area (Å²) < 4.78 is 0. The highest BCUT2D eigenvalue weighted by Crippen LogP contribution is 2.01. The van der Waals surface area contributed by atoms with E-state index in [-0.39, 0.29) is 10.7 Å². The third kappa shape index (κ3) is 3.46. The van der Waals surface area contributed by atoms with Gasteiger partial charge in [-0.3, -0.25) is 9.78 Å². The monoisotopic (exact) mass is 256 g/mol. The molecular formula is C10H13BrN2O. The molecule has 0 aliphatic carbocycles. The van der Waals surface area contributed by atoms with E-state index < -0.39 is 0 Å². The molecule has 1 heterocycles. The summed E-state index contributed by atoms with van der Waals surface area (Å²) >= 11 is 3.36. The van der Waals surface area contributed by atoms with Crippen LogP contribution in [0, 0.1) is 6.92 Å². The SMILES string of the molecule is Cc1cncc(C(=O)NCC(C)Br)c1. The summed E-state index contributed by atoms with van der Waals surface area (Å²) in [5.74, 6) is -0.0764. The number of nitrogens with one attached hydrogen (secondary N) is 1. The van der Waals surface area contributed by atoms with Crippen LogP contribution in [0.1, 0.15) is 22.8 Å². The molecule has 0 saturated carbocycles. The van der Waals surface area contributed by atoms with Gasteiger partial charge in [-0.15, -0.1) is 0 Å². The Kier molecular flexibility index (Phi) is 4.07. The number of carbonyl (C=O) groups is 1. The molecule has 0 aliphatic heterocycles. The normalized spacial score (nSPS) is 12.2. The third-order valence-electron chi connectivity index (χ3n) is 1.68. The van der Waals surface area contributed by atoms with Crippen molar-refractivity contribution in [3.05, 3.63) is 29.6 Å². The molecule has 3 nitrogen and oxygen atoms in total. The Morgan fingerprint density at radius 1 is 1.64 bits per heavy atom. The van der Waals surface area contributed by atoms with Crippen LogP contribution < -0.4 is 5.32 Å². The standard InChI is InChI=1S/C10H13BrN2O/c1-7-3-9(6-12-4-7)10(14)13-5-8(2)11/h3-4,6,8H,5H2,1-2H3,(H,13,14). The Hall–Kier alpha value is -0.900. The zero-order valence-electron chi connectivity index (χ0n) is 8.25. The van der Waals surface area contributed by atoms with Gasteiger partial charge in [0.05, 0.1) is 5.56 Å². The first kappa shape index (κ1) is 11.2. The first-order valence-electron chi connectivity index (χ1n) is 4.43. The molecule has 0 bridgehead atoms. The van der Waals surface area contributed by atoms with E-state index >= 15 is 0 Å². The number of amides is 1. The lowest BCUT2D eigenvalue weighted by Crippen LogP contribution is -2.28. The van der Waals surface area contributed by atoms with E-state index in [0.29, 0.717) is 12.1 Å². The van der Waals surface area contributed by atoms with Crippen molar-refractivity contribution in [3.8, 4) is 0 Å². The average molecular weight is 257 g/mol. The maximum atomic E-state index is 11.5. The van der Waals surface area contributed by atoms with E-state index in [1.165, 1.54) is 0 Å². The van der Waals surface area contributed by atoms with E-state index in [2.05, 4.69) is 26.2 Å². The van der Waals surface area contributed by atoms with Crippen LogP contribution in [0.3, 0.4) is 0 Å². The second-order valence-electron chi connectivity index (χ2n) is 3.24. The van der Waals surface area contributed by atoms with Gasteiger partial charge in [-0.25, -0.2) is 0 Å². The Labute approximate surface area is 92.1 Å². The van der Waals surface area contributed by atoms with Gasteiger partial charge < -0.3 is 5.32 Å². The Morgan fingerprint density at radius 2 is 2.36 bits per heavy atom. The van der Waals surface area contributed by atoms with Crippen molar-refractivity contribution in [2.45, 2.75) is 18.7 Å². The van der Waals surface area contributed by atoms with Gasteiger partial charge in [0.15, 0.2) is 0 Å². The molecule has 1 amide bonds. The van der Waals surface area contributed by atoms with Crippen LogP contribution in [-0.4, -0.2) is 22.3 Å². The number of pyridine rings is 1. The minimum absolute atomic E-state index is 0.0764. The van der Waals surface area contributed by atoms with Crippen LogP contribution in [0.2, 0.25) is 0 Å². The van der Waals surface area contributed by atoms with Crippen LogP contribution in [-0.2, 0) is 0 Å². The molecule has 1 rings (SSSR count). The van der Waals surface area contributed by atoms with Gasteiger partial charge >= 0.3 is 0 Å². The number of aryl methyl sites for hydroxylation is 1. The zero-order chi connectivity index (χ0) is 10.6. The summed E-state index contributed by atoms with van der Waals surface area (Å²) in [5, 5.41) is 2.80. The van der Waals surface area contributed by atoms with Gasteiger partial charge in [0.25, 0.3) is 5.91 Å². The summed E-state index contributed by atoms with van der Waals surface area (Å²) in [4.78, 5) is 15.8. The minimum Gasteiger partial charge on any atom is -0.351 e. The van der Waals surface area contributed by atoms with E-state index in [4.69, 9.17) is 0 Å². The summed E-state index contributed by atoms with van der Waals surface area (Å²) in [6, 6.07) is 1.82. The Balaban J connectivity index is 2.61. The topological polar surface area (TPSA) is 42.0 Å². The van der Waals surface area contributed by atoms with Crippen molar-refractivity contribution < 1.29 is 4.79 Å². The van der Waals surface area contributed by atoms with Gasteiger partial charge in [-0.1, -0.05) is 22.9 Å². The van der Waals surface area contributed by atoms with Crippen LogP contribution in [0.15, 0.2) is 18.5 Å². The molecule has 0 aromatic carbocycles. The smallest absolute Gasteiger partial charge is 0.252 e. The number of hydrogen-bond donors (Lipinski definition) is 1. The van der Waals surface area contributed by atoms with E-state index in [1.54, 1.807) is 12.4 Å². The number of carbonyl (C=O) groups excluding carboxylic acids is 1. The Bertz CT molecular complexity index is 326. The van der Waals surface area contributed by atoms with Gasteiger partial charge in [-0.05, 0) is 18.6 Å². The molecule has 4 heteroatoms. The first-order valence-corrected chi connectivity index (χ1v) is 5.35. The van der Waals surface area contributed by atoms with Crippen molar-refractivity contribution in [1.29, 1.82) is 0 Å². The van der Waals surface area contributed by atoms with E-state index in [9.17, 15) is 4.79 Å². The summed E-state index contributed by atoms with van der Waals surface area (Å²) in [5.41, 5.74) is 1.60. The molecule has 1 aromatic rings. The second-order valence-corrected chi connectivity index (χ2v) is 4.80. The molecule has 1 N–H and O–H groups in total. The maximum absolute atomic E-state index is 11.5. The van der Waals surface area contributed by atoms with E-state index in [1.807, 2.05) is 19.9 Å². The lowest BCUT2D eigenvalue weighted by Gasteiger charge is -2.06. The molecule has 0 spiro atoms. The molecule has 0 saturated heterocycles. The molecule has 1 unspecified atom stereocenters. The van der Waals surface area contributed by atoms with Gasteiger partial charge in [-0.2, -0.15) is 0 Å². The van der Waals surface area contributed by atoms with Gasteiger partial charge in [0.1, 0.15) is 0 Å². The van der Waals surface area contributed by atoms with Crippen LogP contribution in [0.5, 0.6) is 0 Å². The number of alkyl halides is 1. The molecule has 76 valence electrons. The molecule has 0 fully saturated rings. The number of nitrogens with zero attached hydrogens (tertiary/aromatic N) is 1. The highest BCUT2D eigenvalue weighted by Gasteiger charge is 2.06. The van der Waals surface area contributed by atoms with Crippen molar-refractivity contribution in [3.63, 3.8) is 0 Å². The first-order chi connectivity index (χ1) is 6.59. The van der Waals surface area contributed by atoms with Crippen molar-refractivity contribution >= 4 is 21.8 Å². The van der Waals surface area contributed by atoms with E-state index in [0.717, 1.165) is 5.56 Å². The zero-order valence-corrected chi connectivity index (χ0v) is 9.84. The van der Waals surface area contributed by atoms with Crippen LogP contribution in [0.4, 0.5) is 0 Å². The number of aromatic nitrogens is 1.